The van der Waals surface area contributed by atoms with Crippen LogP contribution in [0.25, 0.3) is 27.9 Å². The molecular weight excluding hydrogens is 438 g/mol. The molecule has 3 aromatic heterocycles. The van der Waals surface area contributed by atoms with Gasteiger partial charge in [0.25, 0.3) is 5.91 Å². The van der Waals surface area contributed by atoms with Gasteiger partial charge in [0.05, 0.1) is 5.69 Å². The summed E-state index contributed by atoms with van der Waals surface area (Å²) < 4.78 is 10.1. The zero-order valence-electron chi connectivity index (χ0n) is 20.3. The molecule has 2 aliphatic rings. The van der Waals surface area contributed by atoms with Gasteiger partial charge in [-0.05, 0) is 62.8 Å². The van der Waals surface area contributed by atoms with Crippen molar-refractivity contribution in [1.82, 2.24) is 18.9 Å². The van der Waals surface area contributed by atoms with Gasteiger partial charge < -0.3 is 24.3 Å². The van der Waals surface area contributed by atoms with Crippen LogP contribution in [0.1, 0.15) is 41.7 Å². The molecule has 0 spiro atoms. The Hall–Kier alpha value is -3.16. The molecule has 0 aliphatic carbocycles. The molecule has 2 saturated heterocycles. The first-order chi connectivity index (χ1) is 17.1. The number of fused-ring (bicyclic) bond motifs is 2. The van der Waals surface area contributed by atoms with Crippen molar-refractivity contribution < 1.29 is 9.53 Å². The van der Waals surface area contributed by atoms with Gasteiger partial charge >= 0.3 is 0 Å². The summed E-state index contributed by atoms with van der Waals surface area (Å²) in [6.07, 6.45) is 6.08. The third kappa shape index (κ3) is 4.13. The highest BCUT2D eigenvalue weighted by molar-refractivity contribution is 5.95. The van der Waals surface area contributed by atoms with Crippen LogP contribution in [0.15, 0.2) is 48.7 Å². The van der Waals surface area contributed by atoms with Gasteiger partial charge in [-0.25, -0.2) is 4.98 Å². The Labute approximate surface area is 205 Å². The first kappa shape index (κ1) is 22.3. The lowest BCUT2D eigenvalue weighted by atomic mass is 10.00. The van der Waals surface area contributed by atoms with Crippen LogP contribution in [0, 0.1) is 12.8 Å². The van der Waals surface area contributed by atoms with E-state index >= 15 is 0 Å². The number of ether oxygens (including phenoxy) is 1. The number of benzene rings is 1. The van der Waals surface area contributed by atoms with Crippen LogP contribution < -0.4 is 5.73 Å². The minimum Gasteiger partial charge on any atom is -0.381 e. The summed E-state index contributed by atoms with van der Waals surface area (Å²) in [6.45, 7) is 6.13. The first-order valence-electron chi connectivity index (χ1n) is 12.8. The highest BCUT2D eigenvalue weighted by Crippen LogP contribution is 2.32. The summed E-state index contributed by atoms with van der Waals surface area (Å²) in [7, 11) is 0. The number of nitrogens with two attached hydrogens (primary N) is 1. The van der Waals surface area contributed by atoms with E-state index < -0.39 is 0 Å². The third-order valence-corrected chi connectivity index (χ3v) is 7.69. The number of likely N-dealkylation sites (tertiary alicyclic amines) is 1. The fourth-order valence-electron chi connectivity index (χ4n) is 5.71. The summed E-state index contributed by atoms with van der Waals surface area (Å²) in [6, 6.07) is 14.7. The Morgan fingerprint density at radius 1 is 1.14 bits per heavy atom. The van der Waals surface area contributed by atoms with Crippen LogP contribution in [0.4, 0.5) is 0 Å². The number of nitrogens with zero attached hydrogens (tertiary/aromatic N) is 4. The van der Waals surface area contributed by atoms with Crippen molar-refractivity contribution in [3.63, 3.8) is 0 Å². The first-order valence-corrected chi connectivity index (χ1v) is 12.8. The van der Waals surface area contributed by atoms with Crippen molar-refractivity contribution in [2.24, 2.45) is 11.7 Å². The van der Waals surface area contributed by atoms with Gasteiger partial charge in [0, 0.05) is 67.2 Å². The number of piperidine rings is 1. The molecule has 0 radical (unpaired) electrons. The van der Waals surface area contributed by atoms with E-state index in [-0.39, 0.29) is 11.9 Å². The van der Waals surface area contributed by atoms with Crippen LogP contribution >= 0.6 is 0 Å². The van der Waals surface area contributed by atoms with Crippen molar-refractivity contribution >= 4 is 22.5 Å². The van der Waals surface area contributed by atoms with Crippen LogP contribution in [0.3, 0.4) is 0 Å². The fourth-order valence-corrected chi connectivity index (χ4v) is 5.71. The Kier molecular flexibility index (Phi) is 5.82. The maximum absolute atomic E-state index is 13.2. The Morgan fingerprint density at radius 3 is 2.80 bits per heavy atom. The fraction of sp³-hybridized carbons (Fsp3) is 0.429. The minimum absolute atomic E-state index is 0.0403. The molecule has 182 valence electrons. The normalized spacial score (nSPS) is 19.6. The molecule has 2 N–H and O–H groups in total. The number of aromatic nitrogens is 3. The summed E-state index contributed by atoms with van der Waals surface area (Å²) in [5, 5.41) is 1.23. The second kappa shape index (κ2) is 9.13. The Balaban J connectivity index is 1.39. The number of hydrogen-bond donors (Lipinski definition) is 1. The molecule has 7 heteroatoms. The monoisotopic (exact) mass is 471 g/mol. The van der Waals surface area contributed by atoms with Crippen molar-refractivity contribution in [1.29, 1.82) is 0 Å². The van der Waals surface area contributed by atoms with E-state index in [1.807, 2.05) is 23.2 Å². The van der Waals surface area contributed by atoms with E-state index in [4.69, 9.17) is 15.5 Å². The average Bonchev–Trinajstić information content (AvgIpc) is 3.41. The lowest BCUT2D eigenvalue weighted by Gasteiger charge is -2.30. The van der Waals surface area contributed by atoms with Crippen molar-refractivity contribution in [3.05, 3.63) is 59.9 Å². The van der Waals surface area contributed by atoms with Gasteiger partial charge in [-0.15, -0.1) is 0 Å². The van der Waals surface area contributed by atoms with E-state index in [1.54, 1.807) is 0 Å². The largest absolute Gasteiger partial charge is 0.381 e. The van der Waals surface area contributed by atoms with E-state index in [9.17, 15) is 4.79 Å². The molecule has 0 bridgehead atoms. The lowest BCUT2D eigenvalue weighted by molar-refractivity contribution is 0.0617. The van der Waals surface area contributed by atoms with Crippen molar-refractivity contribution in [3.8, 4) is 11.4 Å². The van der Waals surface area contributed by atoms with Crippen LogP contribution in [0.2, 0.25) is 0 Å². The maximum Gasteiger partial charge on any atom is 0.254 e. The number of aryl methyl sites for hydroxylation is 1. The molecule has 35 heavy (non-hydrogen) atoms. The number of amides is 1. The number of hydrogen-bond acceptors (Lipinski definition) is 4. The van der Waals surface area contributed by atoms with Gasteiger partial charge in [-0.3, -0.25) is 4.79 Å². The molecule has 4 aromatic rings. The number of rotatable bonds is 4. The number of para-hydroxylation sites is 1. The van der Waals surface area contributed by atoms with Gasteiger partial charge in [-0.2, -0.15) is 0 Å². The van der Waals surface area contributed by atoms with E-state index in [1.165, 1.54) is 10.9 Å². The van der Waals surface area contributed by atoms with Crippen LogP contribution in [-0.4, -0.2) is 57.1 Å². The number of carbonyl (C=O) groups excluding carboxylic acids is 1. The Morgan fingerprint density at radius 2 is 1.97 bits per heavy atom. The lowest BCUT2D eigenvalue weighted by Crippen LogP contribution is -2.45. The number of carbonyl (C=O) groups is 1. The number of pyridine rings is 1. The van der Waals surface area contributed by atoms with Crippen molar-refractivity contribution in [2.75, 3.05) is 26.3 Å². The predicted molar refractivity (Wildman–Crippen MR) is 138 cm³/mol. The maximum atomic E-state index is 13.2. The summed E-state index contributed by atoms with van der Waals surface area (Å²) >= 11 is 0. The molecule has 6 rings (SSSR count). The van der Waals surface area contributed by atoms with Crippen LogP contribution in [0.5, 0.6) is 0 Å². The minimum atomic E-state index is 0.0403. The molecule has 2 aliphatic heterocycles. The third-order valence-electron chi connectivity index (χ3n) is 7.69. The van der Waals surface area contributed by atoms with E-state index in [2.05, 4.69) is 46.2 Å². The molecule has 2 fully saturated rings. The molecule has 1 unspecified atom stereocenters. The molecule has 1 aromatic carbocycles. The topological polar surface area (TPSA) is 77.8 Å². The predicted octanol–water partition coefficient (Wildman–Crippen LogP) is 4.25. The molecule has 0 saturated carbocycles. The zero-order valence-corrected chi connectivity index (χ0v) is 20.3. The highest BCUT2D eigenvalue weighted by atomic mass is 16.5. The van der Waals surface area contributed by atoms with Gasteiger partial charge in [0.1, 0.15) is 11.3 Å². The molecule has 5 heterocycles. The van der Waals surface area contributed by atoms with E-state index in [0.29, 0.717) is 18.0 Å². The zero-order chi connectivity index (χ0) is 23.9. The highest BCUT2D eigenvalue weighted by Gasteiger charge is 2.24. The average molecular weight is 472 g/mol. The summed E-state index contributed by atoms with van der Waals surface area (Å²) in [5.74, 6) is 0.634. The standard InChI is InChI=1S/C28H33N5O2/c1-19-27(25-15-21-5-2-3-7-24(21)33(25)17-20-9-13-35-14-10-20)30-26-16-22(8-12-32(19)26)28(34)31-11-4-6-23(29)18-31/h2-3,5,7-8,12,15-16,20,23H,4,6,9-11,13-14,17-18,29H2,1H3. The quantitative estimate of drug-likeness (QED) is 0.483. The second-order valence-electron chi connectivity index (χ2n) is 10.1. The SMILES string of the molecule is Cc1c(-c2cc3ccccc3n2CC2CCOCC2)nc2cc(C(=O)N3CCCC(N)C3)ccn12. The molecular formula is C28H33N5O2. The van der Waals surface area contributed by atoms with E-state index in [0.717, 1.165) is 74.7 Å². The summed E-state index contributed by atoms with van der Waals surface area (Å²) in [5.41, 5.74) is 12.0. The van der Waals surface area contributed by atoms with Crippen molar-refractivity contribution in [2.45, 2.75) is 45.2 Å². The van der Waals surface area contributed by atoms with Gasteiger partial charge in [-0.1, -0.05) is 18.2 Å². The molecule has 1 atom stereocenters. The Bertz CT molecular complexity index is 1380. The van der Waals surface area contributed by atoms with Gasteiger partial charge in [0.2, 0.25) is 0 Å². The van der Waals surface area contributed by atoms with Crippen LogP contribution in [-0.2, 0) is 11.3 Å². The summed E-state index contributed by atoms with van der Waals surface area (Å²) in [4.78, 5) is 20.1. The number of imidazole rings is 1. The van der Waals surface area contributed by atoms with Gasteiger partial charge in [0.15, 0.2) is 0 Å². The molecule has 1 amide bonds. The molecule has 7 nitrogen and oxygen atoms in total. The second-order valence-corrected chi connectivity index (χ2v) is 10.1. The smallest absolute Gasteiger partial charge is 0.254 e.